The van der Waals surface area contributed by atoms with Crippen molar-refractivity contribution in [3.8, 4) is 0 Å². The largest absolute Gasteiger partial charge is 0.337 e. The molecular formula is C18H18F2N2O3S. The summed E-state index contributed by atoms with van der Waals surface area (Å²) in [5.41, 5.74) is 1.09. The summed E-state index contributed by atoms with van der Waals surface area (Å²) in [4.78, 5) is 13.8. The Labute approximate surface area is 150 Å². The summed E-state index contributed by atoms with van der Waals surface area (Å²) in [7, 11) is -1.76. The summed E-state index contributed by atoms with van der Waals surface area (Å²) >= 11 is 0. The zero-order valence-electron chi connectivity index (χ0n) is 14.2. The van der Waals surface area contributed by atoms with Crippen LogP contribution in [0.5, 0.6) is 0 Å². The molecule has 26 heavy (non-hydrogen) atoms. The zero-order valence-corrected chi connectivity index (χ0v) is 15.0. The van der Waals surface area contributed by atoms with Gasteiger partial charge in [-0.2, -0.15) is 0 Å². The Hall–Kier alpha value is -2.48. The van der Waals surface area contributed by atoms with Gasteiger partial charge in [-0.25, -0.2) is 17.2 Å². The van der Waals surface area contributed by atoms with Gasteiger partial charge in [-0.05, 0) is 36.8 Å². The number of carbonyl (C=O) groups excluding carboxylic acids is 1. The Morgan fingerprint density at radius 2 is 1.85 bits per heavy atom. The molecule has 3 rings (SSSR count). The van der Waals surface area contributed by atoms with Gasteiger partial charge in [-0.1, -0.05) is 6.07 Å². The molecule has 1 aliphatic rings. The lowest BCUT2D eigenvalue weighted by molar-refractivity contribution is 0.0784. The first-order valence-electron chi connectivity index (χ1n) is 8.08. The van der Waals surface area contributed by atoms with Crippen LogP contribution in [0.2, 0.25) is 0 Å². The first-order valence-corrected chi connectivity index (χ1v) is 9.69. The van der Waals surface area contributed by atoms with Crippen molar-refractivity contribution < 1.29 is 22.0 Å². The SMILES string of the molecule is CN(Cc1ccc(F)cc1F)C(=O)c1ccc(N2CCCS2(=O)=O)cc1. The van der Waals surface area contributed by atoms with Crippen LogP contribution in [0.3, 0.4) is 0 Å². The van der Waals surface area contributed by atoms with Crippen LogP contribution >= 0.6 is 0 Å². The van der Waals surface area contributed by atoms with E-state index >= 15 is 0 Å². The monoisotopic (exact) mass is 380 g/mol. The molecule has 5 nitrogen and oxygen atoms in total. The van der Waals surface area contributed by atoms with Gasteiger partial charge in [0.25, 0.3) is 5.91 Å². The van der Waals surface area contributed by atoms with E-state index in [-0.39, 0.29) is 23.8 Å². The topological polar surface area (TPSA) is 57.7 Å². The number of nitrogens with zero attached hydrogens (tertiary/aromatic N) is 2. The quantitative estimate of drug-likeness (QED) is 0.820. The number of carbonyl (C=O) groups is 1. The third kappa shape index (κ3) is 3.70. The highest BCUT2D eigenvalue weighted by atomic mass is 32.2. The van der Waals surface area contributed by atoms with E-state index in [0.29, 0.717) is 24.2 Å². The minimum Gasteiger partial charge on any atom is -0.337 e. The number of benzene rings is 2. The number of sulfonamides is 1. The molecule has 0 aromatic heterocycles. The van der Waals surface area contributed by atoms with Gasteiger partial charge in [0.1, 0.15) is 11.6 Å². The van der Waals surface area contributed by atoms with Crippen molar-refractivity contribution in [3.63, 3.8) is 0 Å². The lowest BCUT2D eigenvalue weighted by Crippen LogP contribution is -2.27. The molecular weight excluding hydrogens is 362 g/mol. The fourth-order valence-electron chi connectivity index (χ4n) is 2.90. The van der Waals surface area contributed by atoms with E-state index in [0.717, 1.165) is 12.1 Å². The fourth-order valence-corrected chi connectivity index (χ4v) is 4.46. The molecule has 1 saturated heterocycles. The Morgan fingerprint density at radius 1 is 1.15 bits per heavy atom. The molecule has 0 spiro atoms. The fraction of sp³-hybridized carbons (Fsp3) is 0.278. The predicted octanol–water partition coefficient (Wildman–Crippen LogP) is 2.78. The second-order valence-electron chi connectivity index (χ2n) is 6.19. The van der Waals surface area contributed by atoms with E-state index in [1.54, 1.807) is 24.3 Å². The van der Waals surface area contributed by atoms with Crippen LogP contribution in [0, 0.1) is 11.6 Å². The van der Waals surface area contributed by atoms with Crippen molar-refractivity contribution in [3.05, 3.63) is 65.2 Å². The van der Waals surface area contributed by atoms with Gasteiger partial charge in [-0.3, -0.25) is 9.10 Å². The smallest absolute Gasteiger partial charge is 0.253 e. The van der Waals surface area contributed by atoms with Crippen LogP contribution in [0.15, 0.2) is 42.5 Å². The Bertz CT molecular complexity index is 930. The highest BCUT2D eigenvalue weighted by molar-refractivity contribution is 7.93. The standard InChI is InChI=1S/C18H18F2N2O3S/c1-21(12-14-3-6-15(19)11-17(14)20)18(23)13-4-7-16(8-5-13)22-9-2-10-26(22,24)25/h3-8,11H,2,9-10,12H2,1H3. The van der Waals surface area contributed by atoms with Crippen LogP contribution < -0.4 is 4.31 Å². The van der Waals surface area contributed by atoms with Gasteiger partial charge in [0.2, 0.25) is 10.0 Å². The van der Waals surface area contributed by atoms with Gasteiger partial charge in [0.05, 0.1) is 11.4 Å². The molecule has 0 N–H and O–H groups in total. The number of amides is 1. The molecule has 0 atom stereocenters. The molecule has 0 unspecified atom stereocenters. The molecule has 1 fully saturated rings. The minimum absolute atomic E-state index is 0.00674. The number of halogens is 2. The van der Waals surface area contributed by atoms with E-state index in [9.17, 15) is 22.0 Å². The van der Waals surface area contributed by atoms with Crippen LogP contribution in [0.25, 0.3) is 0 Å². The summed E-state index contributed by atoms with van der Waals surface area (Å²) in [5.74, 6) is -1.60. The maximum absolute atomic E-state index is 13.7. The Kier molecular flexibility index (Phi) is 4.95. The van der Waals surface area contributed by atoms with Gasteiger partial charge in [-0.15, -0.1) is 0 Å². The van der Waals surface area contributed by atoms with E-state index < -0.39 is 21.7 Å². The lowest BCUT2D eigenvalue weighted by atomic mass is 10.1. The summed E-state index contributed by atoms with van der Waals surface area (Å²) < 4.78 is 51.9. The number of hydrogen-bond donors (Lipinski definition) is 0. The molecule has 0 saturated carbocycles. The lowest BCUT2D eigenvalue weighted by Gasteiger charge is -2.19. The van der Waals surface area contributed by atoms with E-state index in [1.807, 2.05) is 0 Å². The molecule has 1 amide bonds. The predicted molar refractivity (Wildman–Crippen MR) is 94.3 cm³/mol. The molecule has 138 valence electrons. The maximum atomic E-state index is 13.7. The maximum Gasteiger partial charge on any atom is 0.253 e. The van der Waals surface area contributed by atoms with Gasteiger partial charge in [0, 0.05) is 37.3 Å². The van der Waals surface area contributed by atoms with Crippen molar-refractivity contribution in [2.24, 2.45) is 0 Å². The molecule has 8 heteroatoms. The average molecular weight is 380 g/mol. The van der Waals surface area contributed by atoms with Crippen molar-refractivity contribution in [1.82, 2.24) is 4.90 Å². The second-order valence-corrected chi connectivity index (χ2v) is 8.20. The molecule has 2 aromatic rings. The minimum atomic E-state index is -3.27. The highest BCUT2D eigenvalue weighted by Gasteiger charge is 2.28. The summed E-state index contributed by atoms with van der Waals surface area (Å²) in [6, 6.07) is 9.48. The Balaban J connectivity index is 1.73. The van der Waals surface area contributed by atoms with Crippen LogP contribution in [0.4, 0.5) is 14.5 Å². The van der Waals surface area contributed by atoms with Gasteiger partial charge >= 0.3 is 0 Å². The zero-order chi connectivity index (χ0) is 18.9. The first kappa shape index (κ1) is 18.3. The molecule has 1 heterocycles. The number of hydrogen-bond acceptors (Lipinski definition) is 3. The normalized spacial score (nSPS) is 15.9. The third-order valence-corrected chi connectivity index (χ3v) is 6.14. The number of rotatable bonds is 4. The van der Waals surface area contributed by atoms with Crippen molar-refractivity contribution >= 4 is 21.6 Å². The molecule has 0 bridgehead atoms. The van der Waals surface area contributed by atoms with Crippen molar-refractivity contribution in [2.75, 3.05) is 23.7 Å². The molecule has 0 aliphatic carbocycles. The summed E-state index contributed by atoms with van der Waals surface area (Å²) in [6.45, 7) is 0.423. The third-order valence-electron chi connectivity index (χ3n) is 4.27. The molecule has 1 aliphatic heterocycles. The summed E-state index contributed by atoms with van der Waals surface area (Å²) in [5, 5.41) is 0. The van der Waals surface area contributed by atoms with E-state index in [1.165, 1.54) is 22.3 Å². The van der Waals surface area contributed by atoms with Crippen LogP contribution in [-0.2, 0) is 16.6 Å². The van der Waals surface area contributed by atoms with Crippen LogP contribution in [0.1, 0.15) is 22.3 Å². The summed E-state index contributed by atoms with van der Waals surface area (Å²) in [6.07, 6.45) is 0.578. The van der Waals surface area contributed by atoms with Crippen LogP contribution in [-0.4, -0.2) is 38.6 Å². The van der Waals surface area contributed by atoms with E-state index in [4.69, 9.17) is 0 Å². The molecule has 2 aromatic carbocycles. The first-order chi connectivity index (χ1) is 12.3. The second kappa shape index (κ2) is 7.03. The van der Waals surface area contributed by atoms with Crippen molar-refractivity contribution in [2.45, 2.75) is 13.0 Å². The highest BCUT2D eigenvalue weighted by Crippen LogP contribution is 2.24. The van der Waals surface area contributed by atoms with Gasteiger partial charge in [0.15, 0.2) is 0 Å². The van der Waals surface area contributed by atoms with Crippen molar-refractivity contribution in [1.29, 1.82) is 0 Å². The Morgan fingerprint density at radius 3 is 2.42 bits per heavy atom. The van der Waals surface area contributed by atoms with E-state index in [2.05, 4.69) is 0 Å². The van der Waals surface area contributed by atoms with Gasteiger partial charge < -0.3 is 4.90 Å². The average Bonchev–Trinajstić information content (AvgIpc) is 2.96. The molecule has 0 radical (unpaired) electrons. The number of anilines is 1.